The Balaban J connectivity index is 1.38. The van der Waals surface area contributed by atoms with Crippen LogP contribution in [0.25, 0.3) is 11.2 Å². The highest BCUT2D eigenvalue weighted by Gasteiger charge is 2.53. The standard InChI is InChI=1S/C44H51N5O2Si2/c1-43(2,3)39(50-52(31-19-11-7-12-20-31)32-21-13-8-14-22-32)35-27-28-36(49-30-48-38-41(45)46-29-47-42(38)49)37(35)40(44(4,5)6)51-53(33-23-15-9-16-24-33)34-25-17-10-18-26-34/h7-26,29-30,35-37,39-40H,27-28H2,1-6H3,(H2,45,46,47)/t35-,36+,37+,39?,40?/m0/s1. The van der Waals surface area contributed by atoms with Gasteiger partial charge >= 0.3 is 0 Å². The second-order valence-electron chi connectivity index (χ2n) is 16.4. The molecule has 272 valence electrons. The maximum atomic E-state index is 7.77. The van der Waals surface area contributed by atoms with E-state index in [0.29, 0.717) is 11.3 Å². The summed E-state index contributed by atoms with van der Waals surface area (Å²) in [6.07, 6.45) is 5.18. The Kier molecular flexibility index (Phi) is 10.8. The summed E-state index contributed by atoms with van der Waals surface area (Å²) in [6, 6.07) is 43.2. The first-order valence-corrected chi connectivity index (χ1v) is 21.5. The van der Waals surface area contributed by atoms with E-state index in [2.05, 4.69) is 172 Å². The van der Waals surface area contributed by atoms with Crippen LogP contribution in [0.2, 0.25) is 0 Å². The van der Waals surface area contributed by atoms with E-state index >= 15 is 0 Å². The number of hydrogen-bond acceptors (Lipinski definition) is 6. The van der Waals surface area contributed by atoms with E-state index in [-0.39, 0.29) is 40.9 Å². The molecule has 0 amide bonds. The average Bonchev–Trinajstić information content (AvgIpc) is 3.78. The molecule has 1 aliphatic rings. The van der Waals surface area contributed by atoms with E-state index in [9.17, 15) is 0 Å². The number of aromatic nitrogens is 4. The Labute approximate surface area is 318 Å². The van der Waals surface area contributed by atoms with Crippen molar-refractivity contribution in [2.75, 3.05) is 5.73 Å². The van der Waals surface area contributed by atoms with E-state index in [1.807, 2.05) is 6.33 Å². The van der Waals surface area contributed by atoms with Crippen LogP contribution in [-0.4, -0.2) is 49.8 Å². The summed E-state index contributed by atoms with van der Waals surface area (Å²) in [7, 11) is -3.26. The van der Waals surface area contributed by atoms with Gasteiger partial charge in [-0.2, -0.15) is 0 Å². The Hall–Kier alpha value is -4.42. The van der Waals surface area contributed by atoms with Crippen LogP contribution in [0.4, 0.5) is 5.82 Å². The van der Waals surface area contributed by atoms with Gasteiger partial charge in [-0.15, -0.1) is 0 Å². The third-order valence-electron chi connectivity index (χ3n) is 10.6. The van der Waals surface area contributed by atoms with Gasteiger partial charge in [0.05, 0.1) is 18.5 Å². The summed E-state index contributed by atoms with van der Waals surface area (Å²) < 4.78 is 17.7. The van der Waals surface area contributed by atoms with Crippen molar-refractivity contribution in [2.45, 2.75) is 72.6 Å². The van der Waals surface area contributed by atoms with Crippen molar-refractivity contribution in [3.05, 3.63) is 134 Å². The summed E-state index contributed by atoms with van der Waals surface area (Å²) in [4.78, 5) is 13.8. The molecule has 7 rings (SSSR count). The zero-order valence-electron chi connectivity index (χ0n) is 31.7. The number of hydrogen-bond donors (Lipinski definition) is 1. The summed E-state index contributed by atoms with van der Waals surface area (Å²) in [5.74, 6) is 0.633. The fraction of sp³-hybridized carbons (Fsp3) is 0.341. The monoisotopic (exact) mass is 737 g/mol. The molecule has 2 aromatic heterocycles. The van der Waals surface area contributed by atoms with Crippen LogP contribution in [-0.2, 0) is 8.85 Å². The van der Waals surface area contributed by atoms with Crippen molar-refractivity contribution in [1.29, 1.82) is 0 Å². The van der Waals surface area contributed by atoms with Crippen molar-refractivity contribution in [1.82, 2.24) is 19.5 Å². The molecule has 0 bridgehead atoms. The molecule has 2 heterocycles. The summed E-state index contributed by atoms with van der Waals surface area (Å²) in [6.45, 7) is 14.0. The van der Waals surface area contributed by atoms with Gasteiger partial charge < -0.3 is 19.2 Å². The van der Waals surface area contributed by atoms with Crippen LogP contribution in [0, 0.1) is 22.7 Å². The van der Waals surface area contributed by atoms with E-state index in [4.69, 9.17) is 24.6 Å². The van der Waals surface area contributed by atoms with Crippen molar-refractivity contribution < 1.29 is 8.85 Å². The first kappa shape index (κ1) is 36.9. The third-order valence-corrected chi connectivity index (χ3v) is 15.0. The molecule has 0 spiro atoms. The van der Waals surface area contributed by atoms with Gasteiger partial charge in [0, 0.05) is 12.0 Å². The third kappa shape index (κ3) is 7.94. The fourth-order valence-corrected chi connectivity index (χ4v) is 12.9. The lowest BCUT2D eigenvalue weighted by Gasteiger charge is -2.47. The largest absolute Gasteiger partial charge is 0.404 e. The topological polar surface area (TPSA) is 88.1 Å². The molecule has 5 atom stereocenters. The summed E-state index contributed by atoms with van der Waals surface area (Å²) in [5.41, 5.74) is 7.38. The highest BCUT2D eigenvalue weighted by atomic mass is 28.3. The first-order chi connectivity index (χ1) is 25.5. The van der Waals surface area contributed by atoms with Crippen LogP contribution in [0.3, 0.4) is 0 Å². The molecule has 1 fully saturated rings. The van der Waals surface area contributed by atoms with Crippen LogP contribution < -0.4 is 26.5 Å². The van der Waals surface area contributed by atoms with Gasteiger partial charge in [-0.25, -0.2) is 15.0 Å². The number of nitrogen functional groups attached to an aromatic ring is 1. The lowest BCUT2D eigenvalue weighted by atomic mass is 9.70. The first-order valence-electron chi connectivity index (χ1n) is 18.7. The Morgan fingerprint density at radius 1 is 0.604 bits per heavy atom. The van der Waals surface area contributed by atoms with Crippen LogP contribution in [0.15, 0.2) is 134 Å². The van der Waals surface area contributed by atoms with Crippen LogP contribution >= 0.6 is 0 Å². The number of fused-ring (bicyclic) bond motifs is 1. The van der Waals surface area contributed by atoms with Gasteiger partial charge in [0.2, 0.25) is 0 Å². The quantitative estimate of drug-likeness (QED) is 0.154. The molecule has 4 aromatic carbocycles. The van der Waals surface area contributed by atoms with Crippen molar-refractivity contribution in [3.8, 4) is 0 Å². The summed E-state index contributed by atoms with van der Waals surface area (Å²) >= 11 is 0. The molecule has 2 radical (unpaired) electrons. The average molecular weight is 738 g/mol. The minimum absolute atomic E-state index is 0.0518. The lowest BCUT2D eigenvalue weighted by Crippen LogP contribution is -2.56. The van der Waals surface area contributed by atoms with Crippen molar-refractivity contribution >= 4 is 55.8 Å². The molecule has 2 N–H and O–H groups in total. The minimum Gasteiger partial charge on any atom is -0.404 e. The van der Waals surface area contributed by atoms with Gasteiger partial charge in [0.25, 0.3) is 18.1 Å². The Morgan fingerprint density at radius 2 is 1.04 bits per heavy atom. The highest BCUT2D eigenvalue weighted by molar-refractivity contribution is 6.80. The van der Waals surface area contributed by atoms with Gasteiger partial charge in [-0.05, 0) is 50.3 Å². The normalized spacial score (nSPS) is 19.2. The number of imidazole rings is 1. The van der Waals surface area contributed by atoms with E-state index in [1.54, 1.807) is 6.33 Å². The minimum atomic E-state index is -1.65. The van der Waals surface area contributed by atoms with E-state index < -0.39 is 18.1 Å². The van der Waals surface area contributed by atoms with E-state index in [0.717, 1.165) is 18.5 Å². The number of rotatable bonds is 11. The molecule has 6 aromatic rings. The zero-order chi connectivity index (χ0) is 37.2. The number of nitrogens with zero attached hydrogens (tertiary/aromatic N) is 4. The molecule has 1 saturated carbocycles. The van der Waals surface area contributed by atoms with Gasteiger partial charge in [-0.1, -0.05) is 163 Å². The summed E-state index contributed by atoms with van der Waals surface area (Å²) in [5, 5.41) is 4.97. The molecule has 0 aliphatic heterocycles. The number of anilines is 1. The predicted octanol–water partition coefficient (Wildman–Crippen LogP) is 6.45. The molecular weight excluding hydrogens is 687 g/mol. The van der Waals surface area contributed by atoms with Crippen molar-refractivity contribution in [2.24, 2.45) is 22.7 Å². The molecule has 9 heteroatoms. The smallest absolute Gasteiger partial charge is 0.283 e. The Morgan fingerprint density at radius 3 is 1.47 bits per heavy atom. The zero-order valence-corrected chi connectivity index (χ0v) is 33.7. The maximum Gasteiger partial charge on any atom is 0.283 e. The SMILES string of the molecule is CC(C)(C)C(O[Si](c1ccccc1)c1ccccc1)[C@@H]1[C@@H](C(O[Si](c2ccccc2)c2ccccc2)C(C)(C)C)CC[C@H]1n1cnc2c(N)ncnc21. The molecular formula is C44H51N5O2Si2. The fourth-order valence-electron chi connectivity index (χ4n) is 8.21. The number of nitrogens with two attached hydrogens (primary N) is 1. The van der Waals surface area contributed by atoms with Gasteiger partial charge in [-0.3, -0.25) is 0 Å². The molecule has 7 nitrogen and oxygen atoms in total. The van der Waals surface area contributed by atoms with Gasteiger partial charge in [0.15, 0.2) is 11.5 Å². The predicted molar refractivity (Wildman–Crippen MR) is 219 cm³/mol. The second-order valence-corrected chi connectivity index (χ2v) is 20.5. The lowest BCUT2D eigenvalue weighted by molar-refractivity contribution is -0.0486. The van der Waals surface area contributed by atoms with E-state index in [1.165, 1.54) is 20.7 Å². The van der Waals surface area contributed by atoms with Crippen molar-refractivity contribution in [3.63, 3.8) is 0 Å². The maximum absolute atomic E-state index is 7.77. The van der Waals surface area contributed by atoms with Gasteiger partial charge in [0.1, 0.15) is 11.8 Å². The number of benzene rings is 4. The molecule has 53 heavy (non-hydrogen) atoms. The molecule has 2 unspecified atom stereocenters. The van der Waals surface area contributed by atoms with Crippen LogP contribution in [0.1, 0.15) is 60.4 Å². The Bertz CT molecular complexity index is 1990. The highest BCUT2D eigenvalue weighted by Crippen LogP contribution is 2.52. The molecule has 0 saturated heterocycles. The van der Waals surface area contributed by atoms with Crippen LogP contribution in [0.5, 0.6) is 0 Å². The second kappa shape index (κ2) is 15.5. The molecule has 1 aliphatic carbocycles.